The molecule has 0 saturated heterocycles. The lowest BCUT2D eigenvalue weighted by Gasteiger charge is -2.14. The maximum absolute atomic E-state index is 12.1. The first kappa shape index (κ1) is 13.9. The molecule has 0 amide bonds. The molecule has 0 fully saturated rings. The minimum atomic E-state index is -3.54. The zero-order valence-electron chi connectivity index (χ0n) is 10.5. The Morgan fingerprint density at radius 2 is 2.11 bits per heavy atom. The zero-order chi connectivity index (χ0) is 14.0. The Balaban J connectivity index is 2.44. The summed E-state index contributed by atoms with van der Waals surface area (Å²) in [5.74, 6) is 0. The van der Waals surface area contributed by atoms with Gasteiger partial charge in [0.1, 0.15) is 4.90 Å². The second-order valence-electron chi connectivity index (χ2n) is 3.95. The summed E-state index contributed by atoms with van der Waals surface area (Å²) in [6.07, 6.45) is 3.32. The van der Waals surface area contributed by atoms with Gasteiger partial charge in [0.2, 0.25) is 10.0 Å². The Bertz CT molecular complexity index is 666. The average Bonchev–Trinajstić information content (AvgIpc) is 2.84. The molecule has 3 N–H and O–H groups in total. The molecule has 1 heterocycles. The first-order valence-electron chi connectivity index (χ1n) is 5.41. The van der Waals surface area contributed by atoms with Crippen LogP contribution >= 0.6 is 11.8 Å². The van der Waals surface area contributed by atoms with Crippen molar-refractivity contribution in [3.8, 4) is 0 Å². The van der Waals surface area contributed by atoms with Crippen LogP contribution in [0, 0.1) is 0 Å². The Morgan fingerprint density at radius 1 is 1.37 bits per heavy atom. The van der Waals surface area contributed by atoms with Gasteiger partial charge in [-0.15, -0.1) is 0 Å². The van der Waals surface area contributed by atoms with Gasteiger partial charge in [-0.1, -0.05) is 6.07 Å². The van der Waals surface area contributed by atoms with Crippen molar-refractivity contribution in [2.75, 3.05) is 19.8 Å². The van der Waals surface area contributed by atoms with E-state index in [0.29, 0.717) is 10.1 Å². The maximum atomic E-state index is 12.1. The van der Waals surface area contributed by atoms with Crippen LogP contribution in [0.4, 0.5) is 5.69 Å². The second-order valence-corrected chi connectivity index (χ2v) is 7.10. The molecule has 0 aliphatic heterocycles. The number of hydrogen-bond donors (Lipinski definition) is 2. The van der Waals surface area contributed by atoms with Crippen LogP contribution in [0.2, 0.25) is 0 Å². The van der Waals surface area contributed by atoms with Crippen molar-refractivity contribution in [1.29, 1.82) is 0 Å². The van der Waals surface area contributed by atoms with Crippen molar-refractivity contribution in [2.45, 2.75) is 14.9 Å². The van der Waals surface area contributed by atoms with E-state index in [0.717, 1.165) is 4.31 Å². The molecule has 0 spiro atoms. The van der Waals surface area contributed by atoms with E-state index in [1.807, 2.05) is 0 Å². The van der Waals surface area contributed by atoms with Gasteiger partial charge in [0.25, 0.3) is 0 Å². The van der Waals surface area contributed by atoms with Crippen molar-refractivity contribution in [1.82, 2.24) is 14.3 Å². The number of rotatable bonds is 4. The van der Waals surface area contributed by atoms with Crippen LogP contribution in [0.15, 0.2) is 45.5 Å². The molecule has 19 heavy (non-hydrogen) atoms. The molecule has 0 radical (unpaired) electrons. The Hall–Kier alpha value is -1.51. The fourth-order valence-electron chi connectivity index (χ4n) is 1.45. The molecule has 2 aromatic rings. The summed E-state index contributed by atoms with van der Waals surface area (Å²) >= 11 is 1.29. The summed E-state index contributed by atoms with van der Waals surface area (Å²) in [5, 5.41) is 0.658. The molecule has 1 aromatic heterocycles. The lowest BCUT2D eigenvalue weighted by molar-refractivity contribution is 0.521. The Morgan fingerprint density at radius 3 is 2.68 bits per heavy atom. The summed E-state index contributed by atoms with van der Waals surface area (Å²) < 4.78 is 25.4. The van der Waals surface area contributed by atoms with Crippen LogP contribution in [0.5, 0.6) is 0 Å². The minimum absolute atomic E-state index is 0.106. The SMILES string of the molecule is CN(C)S(=O)(=O)c1cccc(Sc2ncc[nH]2)c1N. The average molecular weight is 298 g/mol. The van der Waals surface area contributed by atoms with Gasteiger partial charge in [0.15, 0.2) is 5.16 Å². The summed E-state index contributed by atoms with van der Waals surface area (Å²) in [7, 11) is -0.598. The molecule has 102 valence electrons. The van der Waals surface area contributed by atoms with E-state index in [2.05, 4.69) is 9.97 Å². The van der Waals surface area contributed by atoms with Gasteiger partial charge >= 0.3 is 0 Å². The van der Waals surface area contributed by atoms with E-state index < -0.39 is 10.0 Å². The molecule has 0 aliphatic rings. The minimum Gasteiger partial charge on any atom is -0.397 e. The molecule has 0 unspecified atom stereocenters. The first-order valence-corrected chi connectivity index (χ1v) is 7.67. The lowest BCUT2D eigenvalue weighted by Crippen LogP contribution is -2.23. The number of nitrogen functional groups attached to an aromatic ring is 1. The first-order chi connectivity index (χ1) is 8.93. The van der Waals surface area contributed by atoms with Crippen molar-refractivity contribution in [3.05, 3.63) is 30.6 Å². The lowest BCUT2D eigenvalue weighted by atomic mass is 10.3. The highest BCUT2D eigenvalue weighted by Gasteiger charge is 2.22. The van der Waals surface area contributed by atoms with Gasteiger partial charge in [-0.25, -0.2) is 17.7 Å². The number of H-pyrrole nitrogens is 1. The number of imidazole rings is 1. The van der Waals surface area contributed by atoms with E-state index in [4.69, 9.17) is 5.73 Å². The van der Waals surface area contributed by atoms with E-state index in [9.17, 15) is 8.42 Å². The number of nitrogens with zero attached hydrogens (tertiary/aromatic N) is 2. The van der Waals surface area contributed by atoms with Crippen LogP contribution in [0.1, 0.15) is 0 Å². The number of benzene rings is 1. The van der Waals surface area contributed by atoms with E-state index in [1.54, 1.807) is 24.5 Å². The third-order valence-electron chi connectivity index (χ3n) is 2.46. The van der Waals surface area contributed by atoms with Gasteiger partial charge in [-0.05, 0) is 23.9 Å². The smallest absolute Gasteiger partial charge is 0.244 e. The normalized spacial score (nSPS) is 11.9. The molecule has 0 saturated carbocycles. The number of aromatic nitrogens is 2. The summed E-state index contributed by atoms with van der Waals surface area (Å²) in [4.78, 5) is 7.76. The Labute approximate surface area is 116 Å². The molecule has 0 aliphatic carbocycles. The molecule has 2 rings (SSSR count). The number of anilines is 1. The van der Waals surface area contributed by atoms with E-state index >= 15 is 0 Å². The third kappa shape index (κ3) is 2.75. The fourth-order valence-corrected chi connectivity index (χ4v) is 3.36. The van der Waals surface area contributed by atoms with Crippen molar-refractivity contribution in [2.24, 2.45) is 0 Å². The molecule has 1 aromatic carbocycles. The van der Waals surface area contributed by atoms with Crippen molar-refractivity contribution in [3.63, 3.8) is 0 Å². The highest BCUT2D eigenvalue weighted by atomic mass is 32.2. The molecular weight excluding hydrogens is 284 g/mol. The van der Waals surface area contributed by atoms with Crippen LogP contribution in [0.3, 0.4) is 0 Å². The Kier molecular flexibility index (Phi) is 3.83. The number of nitrogens with two attached hydrogens (primary N) is 1. The van der Waals surface area contributed by atoms with Crippen LogP contribution in [0.25, 0.3) is 0 Å². The molecular formula is C11H14N4O2S2. The van der Waals surface area contributed by atoms with Crippen LogP contribution < -0.4 is 5.73 Å². The van der Waals surface area contributed by atoms with E-state index in [-0.39, 0.29) is 10.6 Å². The monoisotopic (exact) mass is 298 g/mol. The number of aromatic amines is 1. The van der Waals surface area contributed by atoms with Gasteiger partial charge in [0.05, 0.1) is 5.69 Å². The van der Waals surface area contributed by atoms with Gasteiger partial charge in [-0.2, -0.15) is 0 Å². The second kappa shape index (κ2) is 5.24. The fraction of sp³-hybridized carbons (Fsp3) is 0.182. The van der Waals surface area contributed by atoms with Crippen LogP contribution in [-0.2, 0) is 10.0 Å². The largest absolute Gasteiger partial charge is 0.397 e. The van der Waals surface area contributed by atoms with Gasteiger partial charge < -0.3 is 10.7 Å². The van der Waals surface area contributed by atoms with Crippen LogP contribution in [-0.4, -0.2) is 36.8 Å². The predicted octanol–water partition coefficient (Wildman–Crippen LogP) is 1.39. The number of nitrogens with one attached hydrogen (secondary N) is 1. The van der Waals surface area contributed by atoms with Crippen molar-refractivity contribution >= 4 is 27.5 Å². The third-order valence-corrected chi connectivity index (χ3v) is 5.33. The maximum Gasteiger partial charge on any atom is 0.244 e. The van der Waals surface area contributed by atoms with E-state index in [1.165, 1.54) is 31.9 Å². The summed E-state index contributed by atoms with van der Waals surface area (Å²) in [6, 6.07) is 4.92. The quantitative estimate of drug-likeness (QED) is 0.832. The number of sulfonamides is 1. The molecule has 6 nitrogen and oxygen atoms in total. The van der Waals surface area contributed by atoms with Crippen molar-refractivity contribution < 1.29 is 8.42 Å². The summed E-state index contributed by atoms with van der Waals surface area (Å²) in [5.41, 5.74) is 6.19. The zero-order valence-corrected chi connectivity index (χ0v) is 12.1. The molecule has 0 bridgehead atoms. The number of para-hydroxylation sites is 1. The predicted molar refractivity (Wildman–Crippen MR) is 74.4 cm³/mol. The van der Waals surface area contributed by atoms with Gasteiger partial charge in [0, 0.05) is 31.4 Å². The summed E-state index contributed by atoms with van der Waals surface area (Å²) in [6.45, 7) is 0. The molecule has 0 atom stereocenters. The standard InChI is InChI=1S/C11H14N4O2S2/c1-15(2)19(16,17)9-5-3-4-8(10(9)12)18-11-13-6-7-14-11/h3-7H,12H2,1-2H3,(H,13,14). The molecule has 8 heteroatoms. The highest BCUT2D eigenvalue weighted by Crippen LogP contribution is 2.34. The highest BCUT2D eigenvalue weighted by molar-refractivity contribution is 7.99. The topological polar surface area (TPSA) is 92.1 Å². The number of hydrogen-bond acceptors (Lipinski definition) is 5. The van der Waals surface area contributed by atoms with Gasteiger partial charge in [-0.3, -0.25) is 0 Å².